The van der Waals surface area contributed by atoms with Crippen LogP contribution in [-0.2, 0) is 4.79 Å². The van der Waals surface area contributed by atoms with Crippen molar-refractivity contribution in [1.29, 1.82) is 0 Å². The van der Waals surface area contributed by atoms with Gasteiger partial charge in [0.15, 0.2) is 17.1 Å². The Morgan fingerprint density at radius 2 is 2.10 bits per heavy atom. The minimum Gasteiger partial charge on any atom is -0.490 e. The number of nitrogens with zero attached hydrogens (tertiary/aromatic N) is 2. The molecule has 1 aliphatic carbocycles. The van der Waals surface area contributed by atoms with Crippen LogP contribution in [0.3, 0.4) is 0 Å². The normalized spacial score (nSPS) is 14.5. The SMILES string of the molecule is CC(=O)N[C@@H](C)COc1cc2oc(-c3ccc(OCC4CC4)c(F)c3F)nc2cn1. The predicted octanol–water partition coefficient (Wildman–Crippen LogP) is 3.86. The summed E-state index contributed by atoms with van der Waals surface area (Å²) in [6.45, 7) is 3.81. The Morgan fingerprint density at radius 1 is 1.30 bits per heavy atom. The molecular weight excluding hydrogens is 396 g/mol. The van der Waals surface area contributed by atoms with E-state index in [4.69, 9.17) is 13.9 Å². The molecule has 0 saturated heterocycles. The van der Waals surface area contributed by atoms with Crippen LogP contribution in [0.1, 0.15) is 26.7 Å². The fraction of sp³-hybridized carbons (Fsp3) is 0.381. The molecule has 0 spiro atoms. The molecule has 2 heterocycles. The summed E-state index contributed by atoms with van der Waals surface area (Å²) in [4.78, 5) is 19.4. The highest BCUT2D eigenvalue weighted by molar-refractivity contribution is 5.76. The monoisotopic (exact) mass is 417 g/mol. The lowest BCUT2D eigenvalue weighted by molar-refractivity contribution is -0.119. The number of halogens is 2. The molecule has 0 aliphatic heterocycles. The van der Waals surface area contributed by atoms with E-state index >= 15 is 0 Å². The lowest BCUT2D eigenvalue weighted by Crippen LogP contribution is -2.35. The average molecular weight is 417 g/mol. The quantitative estimate of drug-likeness (QED) is 0.599. The van der Waals surface area contributed by atoms with Crippen LogP contribution in [0.15, 0.2) is 28.8 Å². The topological polar surface area (TPSA) is 86.5 Å². The number of carbonyl (C=O) groups excluding carboxylic acids is 1. The molecule has 1 N–H and O–H groups in total. The maximum Gasteiger partial charge on any atom is 0.230 e. The number of hydrogen-bond donors (Lipinski definition) is 1. The summed E-state index contributed by atoms with van der Waals surface area (Å²) in [5.74, 6) is -1.81. The molecule has 1 amide bonds. The molecule has 9 heteroatoms. The average Bonchev–Trinajstić information content (AvgIpc) is 3.44. The van der Waals surface area contributed by atoms with Gasteiger partial charge in [0.05, 0.1) is 24.4 Å². The van der Waals surface area contributed by atoms with E-state index < -0.39 is 11.6 Å². The smallest absolute Gasteiger partial charge is 0.230 e. The van der Waals surface area contributed by atoms with E-state index in [-0.39, 0.29) is 41.6 Å². The third-order valence-corrected chi connectivity index (χ3v) is 4.63. The van der Waals surface area contributed by atoms with Crippen molar-refractivity contribution in [2.24, 2.45) is 5.92 Å². The molecular formula is C21H21F2N3O4. The molecule has 3 aromatic rings. The molecule has 2 aromatic heterocycles. The zero-order chi connectivity index (χ0) is 21.3. The first-order valence-corrected chi connectivity index (χ1v) is 9.68. The molecule has 0 bridgehead atoms. The lowest BCUT2D eigenvalue weighted by atomic mass is 10.2. The standard InChI is InChI=1S/C21H21F2N3O4/c1-11(25-12(2)27)9-29-18-7-17-15(8-24-18)26-21(30-17)14-5-6-16(20(23)19(14)22)28-10-13-3-4-13/h5-8,11,13H,3-4,9-10H2,1-2H3,(H,25,27)/t11-/m0/s1. The first-order chi connectivity index (χ1) is 14.4. The Hall–Kier alpha value is -3.23. The van der Waals surface area contributed by atoms with Gasteiger partial charge in [0.2, 0.25) is 23.5 Å². The van der Waals surface area contributed by atoms with Crippen molar-refractivity contribution in [3.8, 4) is 23.1 Å². The van der Waals surface area contributed by atoms with Gasteiger partial charge >= 0.3 is 0 Å². The van der Waals surface area contributed by atoms with Crippen LogP contribution in [0.5, 0.6) is 11.6 Å². The second kappa shape index (κ2) is 8.25. The van der Waals surface area contributed by atoms with E-state index in [9.17, 15) is 13.6 Å². The van der Waals surface area contributed by atoms with Crippen molar-refractivity contribution in [3.63, 3.8) is 0 Å². The Kier molecular flexibility index (Phi) is 5.52. The number of rotatable bonds is 8. The Bertz CT molecular complexity index is 1080. The second-order valence-electron chi connectivity index (χ2n) is 7.42. The van der Waals surface area contributed by atoms with E-state index in [1.54, 1.807) is 6.92 Å². The van der Waals surface area contributed by atoms with Crippen molar-refractivity contribution >= 4 is 17.0 Å². The number of hydrogen-bond acceptors (Lipinski definition) is 6. The molecule has 1 atom stereocenters. The van der Waals surface area contributed by atoms with Crippen LogP contribution < -0.4 is 14.8 Å². The number of benzene rings is 1. The molecule has 4 rings (SSSR count). The fourth-order valence-corrected chi connectivity index (χ4v) is 2.91. The molecule has 0 radical (unpaired) electrons. The number of aromatic nitrogens is 2. The van der Waals surface area contributed by atoms with Crippen molar-refractivity contribution in [1.82, 2.24) is 15.3 Å². The Labute approximate surface area is 171 Å². The van der Waals surface area contributed by atoms with E-state index in [0.717, 1.165) is 12.8 Å². The molecule has 30 heavy (non-hydrogen) atoms. The minimum absolute atomic E-state index is 0.0688. The van der Waals surface area contributed by atoms with Gasteiger partial charge in [-0.05, 0) is 37.8 Å². The second-order valence-corrected chi connectivity index (χ2v) is 7.42. The van der Waals surface area contributed by atoms with Crippen molar-refractivity contribution in [2.75, 3.05) is 13.2 Å². The fourth-order valence-electron chi connectivity index (χ4n) is 2.91. The van der Waals surface area contributed by atoms with E-state index in [1.165, 1.54) is 31.3 Å². The summed E-state index contributed by atoms with van der Waals surface area (Å²) < 4.78 is 45.5. The predicted molar refractivity (Wildman–Crippen MR) is 104 cm³/mol. The number of fused-ring (bicyclic) bond motifs is 1. The van der Waals surface area contributed by atoms with E-state index in [0.29, 0.717) is 23.6 Å². The third kappa shape index (κ3) is 4.50. The molecule has 0 unspecified atom stereocenters. The van der Waals surface area contributed by atoms with Crippen molar-refractivity contribution in [3.05, 3.63) is 36.0 Å². The van der Waals surface area contributed by atoms with Gasteiger partial charge in [-0.1, -0.05) is 0 Å². The Balaban J connectivity index is 1.51. The summed E-state index contributed by atoms with van der Waals surface area (Å²) in [6.07, 6.45) is 3.52. The number of carbonyl (C=O) groups is 1. The summed E-state index contributed by atoms with van der Waals surface area (Å²) in [5, 5.41) is 2.70. The van der Waals surface area contributed by atoms with Crippen LogP contribution >= 0.6 is 0 Å². The highest BCUT2D eigenvalue weighted by Crippen LogP contribution is 2.34. The van der Waals surface area contributed by atoms with Gasteiger partial charge in [0.1, 0.15) is 12.1 Å². The summed E-state index contributed by atoms with van der Waals surface area (Å²) in [5.41, 5.74) is 0.585. The Morgan fingerprint density at radius 3 is 2.83 bits per heavy atom. The maximum atomic E-state index is 14.6. The van der Waals surface area contributed by atoms with Crippen LogP contribution in [0.25, 0.3) is 22.6 Å². The first kappa shape index (κ1) is 20.1. The molecule has 1 fully saturated rings. The van der Waals surface area contributed by atoms with Gasteiger partial charge in [0, 0.05) is 13.0 Å². The number of oxazole rings is 1. The lowest BCUT2D eigenvalue weighted by Gasteiger charge is -2.12. The van der Waals surface area contributed by atoms with Gasteiger partial charge in [-0.3, -0.25) is 4.79 Å². The minimum atomic E-state index is -1.08. The van der Waals surface area contributed by atoms with Crippen LogP contribution in [-0.4, -0.2) is 35.1 Å². The molecule has 158 valence electrons. The van der Waals surface area contributed by atoms with Crippen LogP contribution in [0.2, 0.25) is 0 Å². The van der Waals surface area contributed by atoms with Crippen molar-refractivity contribution < 1.29 is 27.5 Å². The third-order valence-electron chi connectivity index (χ3n) is 4.63. The van der Waals surface area contributed by atoms with Crippen molar-refractivity contribution in [2.45, 2.75) is 32.7 Å². The highest BCUT2D eigenvalue weighted by Gasteiger charge is 2.24. The number of amides is 1. The van der Waals surface area contributed by atoms with Gasteiger partial charge < -0.3 is 19.2 Å². The molecule has 1 aromatic carbocycles. The van der Waals surface area contributed by atoms with E-state index in [1.807, 2.05) is 0 Å². The zero-order valence-electron chi connectivity index (χ0n) is 16.6. The number of nitrogens with one attached hydrogen (secondary N) is 1. The summed E-state index contributed by atoms with van der Waals surface area (Å²) in [6, 6.07) is 4.06. The van der Waals surface area contributed by atoms with Gasteiger partial charge in [-0.2, -0.15) is 4.39 Å². The van der Waals surface area contributed by atoms with Gasteiger partial charge in [-0.25, -0.2) is 14.4 Å². The summed E-state index contributed by atoms with van der Waals surface area (Å²) in [7, 11) is 0. The first-order valence-electron chi connectivity index (χ1n) is 9.68. The highest BCUT2D eigenvalue weighted by atomic mass is 19.2. The molecule has 7 nitrogen and oxygen atoms in total. The zero-order valence-corrected chi connectivity index (χ0v) is 16.6. The summed E-state index contributed by atoms with van der Waals surface area (Å²) >= 11 is 0. The maximum absolute atomic E-state index is 14.6. The van der Waals surface area contributed by atoms with Gasteiger partial charge in [-0.15, -0.1) is 0 Å². The van der Waals surface area contributed by atoms with Crippen LogP contribution in [0.4, 0.5) is 8.78 Å². The number of pyridine rings is 1. The molecule has 1 aliphatic rings. The largest absolute Gasteiger partial charge is 0.490 e. The van der Waals surface area contributed by atoms with Crippen LogP contribution in [0, 0.1) is 17.6 Å². The molecule has 1 saturated carbocycles. The van der Waals surface area contributed by atoms with Gasteiger partial charge in [0.25, 0.3) is 0 Å². The van der Waals surface area contributed by atoms with E-state index in [2.05, 4.69) is 15.3 Å². The number of ether oxygens (including phenoxy) is 2.